The van der Waals surface area contributed by atoms with Gasteiger partial charge < -0.3 is 15.0 Å². The molecule has 0 bridgehead atoms. The Balaban J connectivity index is 1.63. The second-order valence-corrected chi connectivity index (χ2v) is 9.18. The average molecular weight is 564 g/mol. The summed E-state index contributed by atoms with van der Waals surface area (Å²) in [6, 6.07) is 5.61. The number of halogens is 4. The van der Waals surface area contributed by atoms with E-state index < -0.39 is 46.6 Å². The smallest absolute Gasteiger partial charge is 0.419 e. The lowest BCUT2D eigenvalue weighted by atomic mass is 9.75. The highest BCUT2D eigenvalue weighted by atomic mass is 32.1. The molecule has 4 rings (SSSR count). The molecule has 0 radical (unpaired) electrons. The van der Waals surface area contributed by atoms with Gasteiger partial charge in [-0.25, -0.2) is 9.37 Å². The highest BCUT2D eigenvalue weighted by Gasteiger charge is 2.60. The Bertz CT molecular complexity index is 1400. The average Bonchev–Trinajstić information content (AvgIpc) is 3.09. The molecule has 14 heteroatoms. The topological polar surface area (TPSA) is 116 Å². The van der Waals surface area contributed by atoms with E-state index in [1.54, 1.807) is 6.92 Å². The lowest BCUT2D eigenvalue weighted by Crippen LogP contribution is -2.55. The molecule has 1 saturated heterocycles. The molecular formula is C25H21F4N5O4S. The Labute approximate surface area is 225 Å². The fourth-order valence-electron chi connectivity index (χ4n) is 4.52. The maximum absolute atomic E-state index is 15.1. The molecule has 9 nitrogen and oxygen atoms in total. The van der Waals surface area contributed by atoms with Gasteiger partial charge in [-0.15, -0.1) is 0 Å². The first kappa shape index (κ1) is 27.9. The fourth-order valence-corrected chi connectivity index (χ4v) is 4.99. The standard InChI is InChI=1S/C25H21F4N5O4S/c1-2-38-20(35)6-9-31-21(36)16-5-4-14(11-18(16)26)34-23(39)33(22(37)24(34)7-3-8-24)15-10-17(25(27,28)29)19(12-30)32-13-15/h4-5,10-11,13H,2-3,6-9H2,1H3,(H,31,36). The van der Waals surface area contributed by atoms with Gasteiger partial charge in [0.25, 0.3) is 11.8 Å². The minimum atomic E-state index is -4.90. The molecule has 204 valence electrons. The number of nitrogens with zero attached hydrogens (tertiary/aromatic N) is 4. The number of ether oxygens (including phenoxy) is 1. The SMILES string of the molecule is CCOC(=O)CCNC(=O)c1ccc(N2C(=S)N(c3cnc(C#N)c(C(F)(F)F)c3)C(=O)C23CCC3)cc1F. The molecule has 2 fully saturated rings. The molecule has 1 aromatic heterocycles. The Morgan fingerprint density at radius 1 is 1.26 bits per heavy atom. The summed E-state index contributed by atoms with van der Waals surface area (Å²) in [5, 5.41) is 11.3. The second kappa shape index (κ2) is 10.6. The molecule has 0 atom stereocenters. The summed E-state index contributed by atoms with van der Waals surface area (Å²) in [6.07, 6.45) is -2.78. The van der Waals surface area contributed by atoms with Crippen molar-refractivity contribution in [3.05, 3.63) is 53.1 Å². The Morgan fingerprint density at radius 2 is 1.97 bits per heavy atom. The van der Waals surface area contributed by atoms with Crippen LogP contribution in [0.3, 0.4) is 0 Å². The number of esters is 1. The van der Waals surface area contributed by atoms with Gasteiger partial charge in [-0.2, -0.15) is 18.4 Å². The lowest BCUT2D eigenvalue weighted by Gasteiger charge is -2.43. The fraction of sp³-hybridized carbons (Fsp3) is 0.360. The minimum Gasteiger partial charge on any atom is -0.466 e. The molecule has 1 spiro atoms. The van der Waals surface area contributed by atoms with Crippen molar-refractivity contribution in [2.75, 3.05) is 23.0 Å². The van der Waals surface area contributed by atoms with Crippen molar-refractivity contribution in [2.45, 2.75) is 44.3 Å². The number of benzene rings is 1. The van der Waals surface area contributed by atoms with Crippen LogP contribution in [0.2, 0.25) is 0 Å². The van der Waals surface area contributed by atoms with E-state index in [0.717, 1.165) is 17.2 Å². The number of carbonyl (C=O) groups is 3. The van der Waals surface area contributed by atoms with E-state index in [4.69, 9.17) is 22.2 Å². The van der Waals surface area contributed by atoms with Crippen molar-refractivity contribution in [2.24, 2.45) is 0 Å². The van der Waals surface area contributed by atoms with Gasteiger partial charge in [0.15, 0.2) is 10.8 Å². The van der Waals surface area contributed by atoms with Crippen LogP contribution in [0.5, 0.6) is 0 Å². The van der Waals surface area contributed by atoms with Crippen molar-refractivity contribution < 1.29 is 36.7 Å². The predicted molar refractivity (Wildman–Crippen MR) is 133 cm³/mol. The number of nitrogens with one attached hydrogen (secondary N) is 1. The van der Waals surface area contributed by atoms with E-state index in [0.29, 0.717) is 25.3 Å². The summed E-state index contributed by atoms with van der Waals surface area (Å²) in [6.45, 7) is 1.76. The van der Waals surface area contributed by atoms with Crippen molar-refractivity contribution in [1.29, 1.82) is 5.26 Å². The molecule has 1 aromatic carbocycles. The van der Waals surface area contributed by atoms with Crippen LogP contribution in [0.15, 0.2) is 30.5 Å². The van der Waals surface area contributed by atoms with Crippen molar-refractivity contribution in [3.8, 4) is 6.07 Å². The summed E-state index contributed by atoms with van der Waals surface area (Å²) in [7, 11) is 0. The van der Waals surface area contributed by atoms with Gasteiger partial charge in [-0.3, -0.25) is 19.3 Å². The number of thiocarbonyl (C=S) groups is 1. The number of hydrogen-bond acceptors (Lipinski definition) is 7. The number of aromatic nitrogens is 1. The Morgan fingerprint density at radius 3 is 2.54 bits per heavy atom. The molecule has 2 aromatic rings. The van der Waals surface area contributed by atoms with Crippen LogP contribution in [0.4, 0.5) is 28.9 Å². The maximum atomic E-state index is 15.1. The van der Waals surface area contributed by atoms with Gasteiger partial charge in [0.2, 0.25) is 0 Å². The zero-order valence-electron chi connectivity index (χ0n) is 20.5. The molecule has 1 N–H and O–H groups in total. The summed E-state index contributed by atoms with van der Waals surface area (Å²) < 4.78 is 60.4. The predicted octanol–water partition coefficient (Wildman–Crippen LogP) is 3.85. The Hall–Kier alpha value is -4.12. The Kier molecular flexibility index (Phi) is 7.56. The first-order valence-electron chi connectivity index (χ1n) is 11.8. The number of pyridine rings is 1. The van der Waals surface area contributed by atoms with E-state index in [1.807, 2.05) is 0 Å². The minimum absolute atomic E-state index is 0.0693. The van der Waals surface area contributed by atoms with Crippen LogP contribution < -0.4 is 15.1 Å². The zero-order chi connectivity index (χ0) is 28.5. The maximum Gasteiger partial charge on any atom is 0.419 e. The number of rotatable bonds is 7. The second-order valence-electron chi connectivity index (χ2n) is 8.82. The van der Waals surface area contributed by atoms with Crippen molar-refractivity contribution in [3.63, 3.8) is 0 Å². The van der Waals surface area contributed by atoms with Crippen LogP contribution in [0.1, 0.15) is 54.2 Å². The third-order valence-corrected chi connectivity index (χ3v) is 6.88. The molecule has 2 amide bonds. The lowest BCUT2D eigenvalue weighted by molar-refractivity contribution is -0.143. The molecule has 1 aliphatic carbocycles. The highest BCUT2D eigenvalue weighted by molar-refractivity contribution is 7.81. The van der Waals surface area contributed by atoms with E-state index in [9.17, 15) is 27.6 Å². The summed E-state index contributed by atoms with van der Waals surface area (Å²) in [5.41, 5.74) is -3.86. The first-order valence-corrected chi connectivity index (χ1v) is 12.2. The number of amides is 2. The van der Waals surface area contributed by atoms with E-state index in [-0.39, 0.29) is 41.6 Å². The van der Waals surface area contributed by atoms with Crippen LogP contribution >= 0.6 is 12.2 Å². The van der Waals surface area contributed by atoms with Gasteiger partial charge in [0.05, 0.1) is 36.0 Å². The van der Waals surface area contributed by atoms with Gasteiger partial charge in [-0.1, -0.05) is 0 Å². The molecular weight excluding hydrogens is 542 g/mol. The first-order chi connectivity index (χ1) is 18.4. The number of nitriles is 1. The number of anilines is 2. The van der Waals surface area contributed by atoms with Crippen LogP contribution in [0, 0.1) is 17.1 Å². The molecule has 1 aliphatic heterocycles. The van der Waals surface area contributed by atoms with Gasteiger partial charge in [-0.05, 0) is 62.7 Å². The number of alkyl halides is 3. The third-order valence-electron chi connectivity index (χ3n) is 6.51. The largest absolute Gasteiger partial charge is 0.466 e. The van der Waals surface area contributed by atoms with Crippen molar-refractivity contribution >= 4 is 46.5 Å². The van der Waals surface area contributed by atoms with Crippen LogP contribution in [0.25, 0.3) is 0 Å². The van der Waals surface area contributed by atoms with E-state index >= 15 is 4.39 Å². The van der Waals surface area contributed by atoms with Gasteiger partial charge in [0, 0.05) is 12.2 Å². The zero-order valence-corrected chi connectivity index (χ0v) is 21.3. The van der Waals surface area contributed by atoms with Crippen molar-refractivity contribution in [1.82, 2.24) is 10.3 Å². The van der Waals surface area contributed by atoms with E-state index in [1.165, 1.54) is 23.1 Å². The monoisotopic (exact) mass is 563 g/mol. The summed E-state index contributed by atoms with van der Waals surface area (Å²) in [5.74, 6) is -2.81. The molecule has 1 saturated carbocycles. The summed E-state index contributed by atoms with van der Waals surface area (Å²) >= 11 is 5.49. The van der Waals surface area contributed by atoms with Crippen LogP contribution in [-0.2, 0) is 20.5 Å². The van der Waals surface area contributed by atoms with Gasteiger partial charge >= 0.3 is 12.1 Å². The normalized spacial score (nSPS) is 16.2. The summed E-state index contributed by atoms with van der Waals surface area (Å²) in [4.78, 5) is 43.2. The molecule has 2 aliphatic rings. The number of carbonyl (C=O) groups excluding carboxylic acids is 3. The third kappa shape index (κ3) is 5.01. The molecule has 0 unspecified atom stereocenters. The van der Waals surface area contributed by atoms with Crippen LogP contribution in [-0.4, -0.2) is 46.6 Å². The molecule has 2 heterocycles. The molecule has 39 heavy (non-hydrogen) atoms. The van der Waals surface area contributed by atoms with E-state index in [2.05, 4.69) is 10.3 Å². The highest BCUT2D eigenvalue weighted by Crippen LogP contribution is 2.48. The number of hydrogen-bond donors (Lipinski definition) is 1. The van der Waals surface area contributed by atoms with Gasteiger partial charge in [0.1, 0.15) is 17.4 Å². The quantitative estimate of drug-likeness (QED) is 0.307.